The van der Waals surface area contributed by atoms with Gasteiger partial charge in [-0.2, -0.15) is 0 Å². The highest BCUT2D eigenvalue weighted by Crippen LogP contribution is 2.20. The first kappa shape index (κ1) is 13.5. The summed E-state index contributed by atoms with van der Waals surface area (Å²) in [6.07, 6.45) is 2.85. The van der Waals surface area contributed by atoms with Gasteiger partial charge in [-0.25, -0.2) is 4.79 Å². The molecule has 0 aliphatic carbocycles. The molecule has 0 spiro atoms. The third kappa shape index (κ3) is 3.11. The fraction of sp³-hybridized carbons (Fsp3) is 0.583. The summed E-state index contributed by atoms with van der Waals surface area (Å²) < 4.78 is 4.99. The Hall–Kier alpha value is -1.89. The lowest BCUT2D eigenvalue weighted by Gasteiger charge is -2.33. The molecule has 1 fully saturated rings. The van der Waals surface area contributed by atoms with E-state index in [9.17, 15) is 9.59 Å². The molecule has 0 saturated carbocycles. The minimum atomic E-state index is -1.11. The second-order valence-electron chi connectivity index (χ2n) is 4.58. The molecular formula is C12H17N3O4. The number of nitrogens with zero attached hydrogens (tertiary/aromatic N) is 2. The highest BCUT2D eigenvalue weighted by atomic mass is 16.5. The molecule has 0 bridgehead atoms. The highest BCUT2D eigenvalue weighted by molar-refractivity contribution is 5.85. The van der Waals surface area contributed by atoms with E-state index in [1.54, 1.807) is 7.05 Å². The van der Waals surface area contributed by atoms with Crippen LogP contribution < -0.4 is 5.32 Å². The predicted molar refractivity (Wildman–Crippen MR) is 65.6 cm³/mol. The van der Waals surface area contributed by atoms with Gasteiger partial charge in [-0.15, -0.1) is 0 Å². The molecule has 1 amide bonds. The van der Waals surface area contributed by atoms with Crippen LogP contribution in [-0.4, -0.2) is 46.7 Å². The van der Waals surface area contributed by atoms with Crippen LogP contribution in [0.4, 0.5) is 0 Å². The SMILES string of the molecule is CNC(=O)C1CCCCN1Cc1cc(C(=O)O)no1. The fourth-order valence-corrected chi connectivity index (χ4v) is 2.33. The Kier molecular flexibility index (Phi) is 4.16. The van der Waals surface area contributed by atoms with Crippen LogP contribution in [-0.2, 0) is 11.3 Å². The molecule has 0 radical (unpaired) electrons. The van der Waals surface area contributed by atoms with Crippen molar-refractivity contribution in [1.82, 2.24) is 15.4 Å². The number of nitrogens with one attached hydrogen (secondary N) is 1. The summed E-state index contributed by atoms with van der Waals surface area (Å²) in [4.78, 5) is 24.5. The molecule has 1 aromatic rings. The molecule has 7 nitrogen and oxygen atoms in total. The average molecular weight is 267 g/mol. The Bertz CT molecular complexity index is 471. The number of rotatable bonds is 4. The molecular weight excluding hydrogens is 250 g/mol. The van der Waals surface area contributed by atoms with Gasteiger partial charge >= 0.3 is 5.97 Å². The maximum absolute atomic E-state index is 11.8. The zero-order valence-electron chi connectivity index (χ0n) is 10.8. The normalized spacial score (nSPS) is 20.2. The first-order valence-corrected chi connectivity index (χ1v) is 6.26. The van der Waals surface area contributed by atoms with Crippen molar-refractivity contribution in [2.24, 2.45) is 0 Å². The van der Waals surface area contributed by atoms with Crippen molar-refractivity contribution in [2.45, 2.75) is 31.8 Å². The number of amides is 1. The summed E-state index contributed by atoms with van der Waals surface area (Å²) in [5, 5.41) is 14.9. The van der Waals surface area contributed by atoms with Crippen molar-refractivity contribution in [3.63, 3.8) is 0 Å². The van der Waals surface area contributed by atoms with Crippen LogP contribution in [0, 0.1) is 0 Å². The van der Waals surface area contributed by atoms with Gasteiger partial charge < -0.3 is 14.9 Å². The molecule has 0 aromatic carbocycles. The molecule has 7 heteroatoms. The summed E-state index contributed by atoms with van der Waals surface area (Å²) in [6.45, 7) is 1.19. The van der Waals surface area contributed by atoms with Gasteiger partial charge in [0.25, 0.3) is 0 Å². The van der Waals surface area contributed by atoms with Crippen LogP contribution >= 0.6 is 0 Å². The number of piperidine rings is 1. The first-order valence-electron chi connectivity index (χ1n) is 6.26. The van der Waals surface area contributed by atoms with E-state index in [0.29, 0.717) is 12.3 Å². The topological polar surface area (TPSA) is 95.7 Å². The number of carboxylic acids is 1. The number of aromatic nitrogens is 1. The van der Waals surface area contributed by atoms with Crippen molar-refractivity contribution in [3.8, 4) is 0 Å². The van der Waals surface area contributed by atoms with E-state index in [1.165, 1.54) is 6.07 Å². The largest absolute Gasteiger partial charge is 0.476 e. The Balaban J connectivity index is 2.06. The summed E-state index contributed by atoms with van der Waals surface area (Å²) in [6, 6.07) is 1.22. The Labute approximate surface area is 110 Å². The smallest absolute Gasteiger partial charge is 0.358 e. The number of hydrogen-bond donors (Lipinski definition) is 2. The molecule has 19 heavy (non-hydrogen) atoms. The summed E-state index contributed by atoms with van der Waals surface area (Å²) >= 11 is 0. The molecule has 1 aromatic heterocycles. The zero-order chi connectivity index (χ0) is 13.8. The minimum Gasteiger partial charge on any atom is -0.476 e. The van der Waals surface area contributed by atoms with E-state index in [0.717, 1.165) is 25.8 Å². The lowest BCUT2D eigenvalue weighted by Crippen LogP contribution is -2.48. The molecule has 104 valence electrons. The van der Waals surface area contributed by atoms with Crippen LogP contribution in [0.5, 0.6) is 0 Å². The van der Waals surface area contributed by atoms with Gasteiger partial charge in [0.1, 0.15) is 0 Å². The molecule has 1 aliphatic heterocycles. The van der Waals surface area contributed by atoms with Crippen LogP contribution in [0.3, 0.4) is 0 Å². The maximum Gasteiger partial charge on any atom is 0.358 e. The van der Waals surface area contributed by atoms with Crippen molar-refractivity contribution < 1.29 is 19.2 Å². The van der Waals surface area contributed by atoms with Gasteiger partial charge in [0.2, 0.25) is 5.91 Å². The lowest BCUT2D eigenvalue weighted by atomic mass is 10.0. The number of aromatic carboxylic acids is 1. The van der Waals surface area contributed by atoms with Crippen LogP contribution in [0.2, 0.25) is 0 Å². The number of hydrogen-bond acceptors (Lipinski definition) is 5. The summed E-state index contributed by atoms with van der Waals surface area (Å²) in [5.41, 5.74) is -0.108. The number of likely N-dealkylation sites (tertiary alicyclic amines) is 1. The third-order valence-electron chi connectivity index (χ3n) is 3.30. The van der Waals surface area contributed by atoms with Gasteiger partial charge in [0.05, 0.1) is 12.6 Å². The average Bonchev–Trinajstić information content (AvgIpc) is 2.87. The van der Waals surface area contributed by atoms with Gasteiger partial charge in [0, 0.05) is 13.1 Å². The summed E-state index contributed by atoms with van der Waals surface area (Å²) in [5.74, 6) is -0.664. The van der Waals surface area contributed by atoms with Crippen molar-refractivity contribution in [1.29, 1.82) is 0 Å². The fourth-order valence-electron chi connectivity index (χ4n) is 2.33. The maximum atomic E-state index is 11.8. The van der Waals surface area contributed by atoms with Crippen LogP contribution in [0.1, 0.15) is 35.5 Å². The van der Waals surface area contributed by atoms with E-state index in [2.05, 4.69) is 10.5 Å². The molecule has 1 saturated heterocycles. The minimum absolute atomic E-state index is 0.0160. The van der Waals surface area contributed by atoms with Crippen LogP contribution in [0.25, 0.3) is 0 Å². The van der Waals surface area contributed by atoms with Gasteiger partial charge in [0.15, 0.2) is 11.5 Å². The van der Waals surface area contributed by atoms with E-state index >= 15 is 0 Å². The van der Waals surface area contributed by atoms with E-state index in [4.69, 9.17) is 9.63 Å². The third-order valence-corrected chi connectivity index (χ3v) is 3.30. The van der Waals surface area contributed by atoms with Gasteiger partial charge in [-0.3, -0.25) is 9.69 Å². The van der Waals surface area contributed by atoms with E-state index in [1.807, 2.05) is 4.90 Å². The number of carbonyl (C=O) groups is 2. The van der Waals surface area contributed by atoms with Crippen molar-refractivity contribution >= 4 is 11.9 Å². The predicted octanol–water partition coefficient (Wildman–Crippen LogP) is 0.473. The standard InChI is InChI=1S/C12H17N3O4/c1-13-11(16)10-4-2-3-5-15(10)7-8-6-9(12(17)18)14-19-8/h6,10H,2-5,7H2,1H3,(H,13,16)(H,17,18). The van der Waals surface area contributed by atoms with Crippen molar-refractivity contribution in [2.75, 3.05) is 13.6 Å². The van der Waals surface area contributed by atoms with Gasteiger partial charge in [-0.05, 0) is 19.4 Å². The molecule has 1 unspecified atom stereocenters. The second kappa shape index (κ2) is 5.83. The van der Waals surface area contributed by atoms with Crippen LogP contribution in [0.15, 0.2) is 10.6 Å². The lowest BCUT2D eigenvalue weighted by molar-refractivity contribution is -0.127. The Morgan fingerprint density at radius 3 is 3.00 bits per heavy atom. The first-order chi connectivity index (χ1) is 9.11. The Morgan fingerprint density at radius 2 is 2.37 bits per heavy atom. The van der Waals surface area contributed by atoms with Crippen molar-refractivity contribution in [3.05, 3.63) is 17.5 Å². The quantitative estimate of drug-likeness (QED) is 0.823. The molecule has 1 atom stereocenters. The number of carbonyl (C=O) groups excluding carboxylic acids is 1. The van der Waals surface area contributed by atoms with Gasteiger partial charge in [-0.1, -0.05) is 11.6 Å². The highest BCUT2D eigenvalue weighted by Gasteiger charge is 2.29. The molecule has 2 N–H and O–H groups in total. The zero-order valence-corrected chi connectivity index (χ0v) is 10.8. The number of likely N-dealkylation sites (N-methyl/N-ethyl adjacent to an activating group) is 1. The van der Waals surface area contributed by atoms with E-state index < -0.39 is 5.97 Å². The summed E-state index contributed by atoms with van der Waals surface area (Å²) in [7, 11) is 1.62. The van der Waals surface area contributed by atoms with E-state index in [-0.39, 0.29) is 17.6 Å². The monoisotopic (exact) mass is 267 g/mol. The molecule has 2 heterocycles. The molecule has 2 rings (SSSR count). The molecule has 1 aliphatic rings. The Morgan fingerprint density at radius 1 is 1.58 bits per heavy atom. The second-order valence-corrected chi connectivity index (χ2v) is 4.58. The number of carboxylic acid groups (broad SMARTS) is 1.